The summed E-state index contributed by atoms with van der Waals surface area (Å²) in [4.78, 5) is 16.1. The van der Waals surface area contributed by atoms with Gasteiger partial charge in [-0.05, 0) is 36.8 Å². The van der Waals surface area contributed by atoms with Crippen LogP contribution in [0, 0.1) is 6.92 Å². The second kappa shape index (κ2) is 8.21. The van der Waals surface area contributed by atoms with Gasteiger partial charge in [0.15, 0.2) is 0 Å². The molecular formula is C19H17N3O2S. The van der Waals surface area contributed by atoms with E-state index in [1.54, 1.807) is 6.21 Å². The van der Waals surface area contributed by atoms with Crippen molar-refractivity contribution in [3.8, 4) is 11.5 Å². The molecule has 0 fully saturated rings. The van der Waals surface area contributed by atoms with Crippen molar-refractivity contribution >= 4 is 23.5 Å². The van der Waals surface area contributed by atoms with Crippen LogP contribution in [0.1, 0.15) is 16.3 Å². The highest BCUT2D eigenvalue weighted by atomic mass is 32.1. The summed E-state index contributed by atoms with van der Waals surface area (Å²) in [6.07, 6.45) is 1.82. The van der Waals surface area contributed by atoms with Crippen molar-refractivity contribution in [3.63, 3.8) is 0 Å². The van der Waals surface area contributed by atoms with Gasteiger partial charge in [-0.2, -0.15) is 5.10 Å². The van der Waals surface area contributed by atoms with Crippen LogP contribution in [0.3, 0.4) is 0 Å². The van der Waals surface area contributed by atoms with Gasteiger partial charge in [0.1, 0.15) is 16.5 Å². The lowest BCUT2D eigenvalue weighted by molar-refractivity contribution is -0.120. The molecule has 126 valence electrons. The lowest BCUT2D eigenvalue weighted by Crippen LogP contribution is -2.19. The molecule has 5 nitrogen and oxygen atoms in total. The van der Waals surface area contributed by atoms with Gasteiger partial charge >= 0.3 is 0 Å². The molecule has 1 N–H and O–H groups in total. The number of ether oxygens (including phenoxy) is 1. The summed E-state index contributed by atoms with van der Waals surface area (Å²) in [7, 11) is 0. The molecule has 0 saturated heterocycles. The molecule has 0 aliphatic carbocycles. The molecule has 0 spiro atoms. The Morgan fingerprint density at radius 3 is 2.76 bits per heavy atom. The number of carbonyl (C=O) groups is 1. The quantitative estimate of drug-likeness (QED) is 0.540. The fraction of sp³-hybridized carbons (Fsp3) is 0.105. The molecule has 3 rings (SSSR count). The normalized spacial score (nSPS) is 10.8. The number of carbonyl (C=O) groups excluding carboxylic acids is 1. The Morgan fingerprint density at radius 1 is 1.20 bits per heavy atom. The summed E-state index contributed by atoms with van der Waals surface area (Å²) >= 11 is 1.47. The minimum atomic E-state index is -0.192. The fourth-order valence-electron chi connectivity index (χ4n) is 2.12. The number of aryl methyl sites for hydroxylation is 1. The van der Waals surface area contributed by atoms with Crippen molar-refractivity contribution in [1.29, 1.82) is 0 Å². The Balaban J connectivity index is 1.56. The highest BCUT2D eigenvalue weighted by Crippen LogP contribution is 2.21. The predicted molar refractivity (Wildman–Crippen MR) is 99.2 cm³/mol. The van der Waals surface area contributed by atoms with E-state index < -0.39 is 0 Å². The van der Waals surface area contributed by atoms with Crippen LogP contribution in [-0.2, 0) is 11.2 Å². The summed E-state index contributed by atoms with van der Waals surface area (Å²) < 4.78 is 5.77. The third-order valence-corrected chi connectivity index (χ3v) is 4.18. The van der Waals surface area contributed by atoms with E-state index in [4.69, 9.17) is 4.74 Å². The standard InChI is InChI=1S/C19H17N3O2S/c1-14-13-25-19(21-14)11-18(23)22-20-12-15-6-5-9-17(10-15)24-16-7-3-2-4-8-16/h2-10,12-13H,11H2,1H3,(H,22,23)/b20-12-. The molecule has 6 heteroatoms. The van der Waals surface area contributed by atoms with Crippen LogP contribution in [-0.4, -0.2) is 17.1 Å². The molecule has 1 heterocycles. The first-order valence-electron chi connectivity index (χ1n) is 7.75. The minimum absolute atomic E-state index is 0.192. The average molecular weight is 351 g/mol. The maximum Gasteiger partial charge on any atom is 0.246 e. The molecule has 0 aliphatic rings. The molecule has 1 aromatic heterocycles. The van der Waals surface area contributed by atoms with Crippen LogP contribution >= 0.6 is 11.3 Å². The fourth-order valence-corrected chi connectivity index (χ4v) is 2.89. The number of para-hydroxylation sites is 1. The Bertz CT molecular complexity index is 875. The number of hydrogen-bond acceptors (Lipinski definition) is 5. The number of benzene rings is 2. The van der Waals surface area contributed by atoms with Crippen LogP contribution in [0.5, 0.6) is 11.5 Å². The zero-order chi connectivity index (χ0) is 17.5. The number of hydrazone groups is 1. The third-order valence-electron chi connectivity index (χ3n) is 3.22. The Kier molecular flexibility index (Phi) is 5.53. The first kappa shape index (κ1) is 16.9. The number of hydrogen-bond donors (Lipinski definition) is 1. The third kappa shape index (κ3) is 5.26. The number of rotatable bonds is 6. The maximum atomic E-state index is 11.8. The van der Waals surface area contributed by atoms with Crippen molar-refractivity contribution < 1.29 is 9.53 Å². The van der Waals surface area contributed by atoms with E-state index in [9.17, 15) is 4.79 Å². The van der Waals surface area contributed by atoms with E-state index in [1.807, 2.05) is 66.9 Å². The molecule has 0 unspecified atom stereocenters. The molecule has 25 heavy (non-hydrogen) atoms. The minimum Gasteiger partial charge on any atom is -0.457 e. The van der Waals surface area contributed by atoms with Gasteiger partial charge in [0.25, 0.3) is 0 Å². The SMILES string of the molecule is Cc1csc(CC(=O)N/N=C\c2cccc(Oc3ccccc3)c2)n1. The molecule has 0 saturated carbocycles. The summed E-state index contributed by atoms with van der Waals surface area (Å²) in [6, 6.07) is 17.0. The van der Waals surface area contributed by atoms with Crippen LogP contribution < -0.4 is 10.2 Å². The van der Waals surface area contributed by atoms with Crippen LogP contribution in [0.2, 0.25) is 0 Å². The van der Waals surface area contributed by atoms with E-state index in [0.717, 1.165) is 22.0 Å². The number of amides is 1. The van der Waals surface area contributed by atoms with Gasteiger partial charge in [-0.3, -0.25) is 4.79 Å². The summed E-state index contributed by atoms with van der Waals surface area (Å²) in [5.41, 5.74) is 4.27. The molecule has 3 aromatic rings. The first-order chi connectivity index (χ1) is 12.2. The van der Waals surface area contributed by atoms with Gasteiger partial charge in [-0.1, -0.05) is 30.3 Å². The van der Waals surface area contributed by atoms with Crippen molar-refractivity contribution in [1.82, 2.24) is 10.4 Å². The number of thiazole rings is 1. The van der Waals surface area contributed by atoms with Gasteiger partial charge < -0.3 is 4.74 Å². The molecule has 1 amide bonds. The van der Waals surface area contributed by atoms with Crippen LogP contribution in [0.4, 0.5) is 0 Å². The van der Waals surface area contributed by atoms with E-state index in [2.05, 4.69) is 15.5 Å². The first-order valence-corrected chi connectivity index (χ1v) is 8.63. The zero-order valence-corrected chi connectivity index (χ0v) is 14.5. The van der Waals surface area contributed by atoms with Gasteiger partial charge in [0, 0.05) is 11.1 Å². The Morgan fingerprint density at radius 2 is 2.00 bits per heavy atom. The van der Waals surface area contributed by atoms with E-state index in [-0.39, 0.29) is 12.3 Å². The second-order valence-electron chi connectivity index (χ2n) is 5.34. The van der Waals surface area contributed by atoms with Gasteiger partial charge in [0.2, 0.25) is 5.91 Å². The highest BCUT2D eigenvalue weighted by molar-refractivity contribution is 7.09. The molecule has 2 aromatic carbocycles. The molecular weight excluding hydrogens is 334 g/mol. The monoisotopic (exact) mass is 351 g/mol. The Labute approximate surface area is 150 Å². The van der Waals surface area contributed by atoms with Crippen molar-refractivity contribution in [2.24, 2.45) is 5.10 Å². The number of nitrogens with zero attached hydrogens (tertiary/aromatic N) is 2. The molecule has 0 bridgehead atoms. The highest BCUT2D eigenvalue weighted by Gasteiger charge is 2.05. The summed E-state index contributed by atoms with van der Waals surface area (Å²) in [5, 5.41) is 6.69. The van der Waals surface area contributed by atoms with E-state index in [0.29, 0.717) is 5.75 Å². The largest absolute Gasteiger partial charge is 0.457 e. The van der Waals surface area contributed by atoms with Crippen molar-refractivity contribution in [2.45, 2.75) is 13.3 Å². The lowest BCUT2D eigenvalue weighted by atomic mass is 10.2. The van der Waals surface area contributed by atoms with Gasteiger partial charge in [-0.15, -0.1) is 11.3 Å². The smallest absolute Gasteiger partial charge is 0.246 e. The summed E-state index contributed by atoms with van der Waals surface area (Å²) in [6.45, 7) is 1.90. The van der Waals surface area contributed by atoms with Gasteiger partial charge in [0.05, 0.1) is 12.6 Å². The van der Waals surface area contributed by atoms with Crippen molar-refractivity contribution in [3.05, 3.63) is 76.2 Å². The molecule has 0 atom stereocenters. The van der Waals surface area contributed by atoms with Crippen molar-refractivity contribution in [2.75, 3.05) is 0 Å². The lowest BCUT2D eigenvalue weighted by Gasteiger charge is -2.05. The van der Waals surface area contributed by atoms with E-state index >= 15 is 0 Å². The maximum absolute atomic E-state index is 11.8. The predicted octanol–water partition coefficient (Wildman–Crippen LogP) is 3.94. The average Bonchev–Trinajstić information content (AvgIpc) is 3.01. The molecule has 0 radical (unpaired) electrons. The van der Waals surface area contributed by atoms with Crippen LogP contribution in [0.25, 0.3) is 0 Å². The Hall–Kier alpha value is -2.99. The number of nitrogens with one attached hydrogen (secondary N) is 1. The second-order valence-corrected chi connectivity index (χ2v) is 6.28. The van der Waals surface area contributed by atoms with Crippen LogP contribution in [0.15, 0.2) is 65.1 Å². The topological polar surface area (TPSA) is 63.6 Å². The summed E-state index contributed by atoms with van der Waals surface area (Å²) in [5.74, 6) is 1.28. The molecule has 0 aliphatic heterocycles. The van der Waals surface area contributed by atoms with E-state index in [1.165, 1.54) is 11.3 Å². The zero-order valence-electron chi connectivity index (χ0n) is 13.7. The number of aromatic nitrogens is 1. The van der Waals surface area contributed by atoms with Gasteiger partial charge in [-0.25, -0.2) is 10.4 Å².